The van der Waals surface area contributed by atoms with Crippen LogP contribution in [0.5, 0.6) is 5.75 Å². The van der Waals surface area contributed by atoms with E-state index in [1.54, 1.807) is 30.3 Å². The molecule has 5 rings (SSSR count). The van der Waals surface area contributed by atoms with Crippen molar-refractivity contribution < 1.29 is 27.0 Å². The Labute approximate surface area is 202 Å². The fourth-order valence-corrected chi connectivity index (χ4v) is 4.84. The monoisotopic (exact) mass is 482 g/mol. The minimum Gasteiger partial charge on any atom is -0.486 e. The summed E-state index contributed by atoms with van der Waals surface area (Å²) < 4.78 is 69.0. The topological polar surface area (TPSA) is 21.8 Å². The van der Waals surface area contributed by atoms with Crippen molar-refractivity contribution in [3.63, 3.8) is 0 Å². The molecule has 0 aromatic heterocycles. The first-order valence-electron chi connectivity index (χ1n) is 11.9. The number of epoxide rings is 1. The van der Waals surface area contributed by atoms with Crippen LogP contribution >= 0.6 is 0 Å². The van der Waals surface area contributed by atoms with Gasteiger partial charge in [0.1, 0.15) is 12.7 Å². The Morgan fingerprint density at radius 1 is 0.800 bits per heavy atom. The predicted molar refractivity (Wildman–Crippen MR) is 126 cm³/mol. The minimum absolute atomic E-state index is 0.00149. The lowest BCUT2D eigenvalue weighted by Crippen LogP contribution is -2.13. The van der Waals surface area contributed by atoms with Gasteiger partial charge in [0.05, 0.1) is 6.61 Å². The molecule has 3 aromatic rings. The Bertz CT molecular complexity index is 1230. The van der Waals surface area contributed by atoms with E-state index in [-0.39, 0.29) is 35.5 Å². The highest BCUT2D eigenvalue weighted by Gasteiger charge is 2.30. The summed E-state index contributed by atoms with van der Waals surface area (Å²) in [7, 11) is 0. The van der Waals surface area contributed by atoms with E-state index in [4.69, 9.17) is 9.47 Å². The summed E-state index contributed by atoms with van der Waals surface area (Å²) in [5, 5.41) is 0. The standard InChI is InChI=1S/C29H26F4O2/c1-2-17-3-7-19(8-4-17)22-13-14-24(29(33)27(22)31)34-15-18-5-9-20(10-6-18)21-11-12-23(25-16-35-25)28(32)26(21)30/h2,5-6,9-14,17,19,25H,1,3-4,7-8,15-16H2. The fraction of sp³-hybridized carbons (Fsp3) is 0.310. The zero-order chi connectivity index (χ0) is 24.5. The molecule has 2 fully saturated rings. The van der Waals surface area contributed by atoms with Crippen molar-refractivity contribution in [2.75, 3.05) is 6.61 Å². The molecule has 2 aliphatic rings. The zero-order valence-electron chi connectivity index (χ0n) is 19.2. The lowest BCUT2D eigenvalue weighted by Gasteiger charge is -2.27. The Morgan fingerprint density at radius 2 is 1.46 bits per heavy atom. The van der Waals surface area contributed by atoms with Crippen LogP contribution in [0.2, 0.25) is 0 Å². The van der Waals surface area contributed by atoms with E-state index in [1.165, 1.54) is 18.2 Å². The number of benzene rings is 3. The van der Waals surface area contributed by atoms with Gasteiger partial charge in [0.25, 0.3) is 0 Å². The molecule has 182 valence electrons. The van der Waals surface area contributed by atoms with Crippen molar-refractivity contribution in [2.24, 2.45) is 5.92 Å². The Kier molecular flexibility index (Phi) is 6.65. The number of hydrogen-bond acceptors (Lipinski definition) is 2. The van der Waals surface area contributed by atoms with E-state index < -0.39 is 23.3 Å². The number of allylic oxidation sites excluding steroid dienone is 1. The van der Waals surface area contributed by atoms with Gasteiger partial charge < -0.3 is 9.47 Å². The first kappa shape index (κ1) is 23.6. The molecular weight excluding hydrogens is 456 g/mol. The maximum atomic E-state index is 14.8. The van der Waals surface area contributed by atoms with Crippen LogP contribution in [0.3, 0.4) is 0 Å². The molecule has 6 heteroatoms. The largest absolute Gasteiger partial charge is 0.486 e. The zero-order valence-corrected chi connectivity index (χ0v) is 19.2. The Balaban J connectivity index is 1.25. The van der Waals surface area contributed by atoms with Gasteiger partial charge in [0, 0.05) is 11.1 Å². The van der Waals surface area contributed by atoms with E-state index in [9.17, 15) is 17.6 Å². The summed E-state index contributed by atoms with van der Waals surface area (Å²) >= 11 is 0. The molecule has 1 aliphatic heterocycles. The normalized spacial score (nSPS) is 21.5. The molecule has 0 spiro atoms. The van der Waals surface area contributed by atoms with E-state index >= 15 is 0 Å². The van der Waals surface area contributed by atoms with Crippen LogP contribution in [-0.4, -0.2) is 6.61 Å². The SMILES string of the molecule is C=CC1CCC(c2ccc(OCc3ccc(-c4ccc(C5CO5)c(F)c4F)cc3)c(F)c2F)CC1. The maximum Gasteiger partial charge on any atom is 0.200 e. The predicted octanol–water partition coefficient (Wildman–Crippen LogP) is 8.02. The summed E-state index contributed by atoms with van der Waals surface area (Å²) in [5.74, 6) is -3.36. The Morgan fingerprint density at radius 3 is 2.11 bits per heavy atom. The molecule has 1 atom stereocenters. The van der Waals surface area contributed by atoms with Crippen molar-refractivity contribution in [3.05, 3.63) is 101 Å². The number of rotatable bonds is 7. The van der Waals surface area contributed by atoms with Crippen molar-refractivity contribution >= 4 is 0 Å². The summed E-state index contributed by atoms with van der Waals surface area (Å²) in [5.41, 5.74) is 1.95. The van der Waals surface area contributed by atoms with Gasteiger partial charge in [-0.1, -0.05) is 48.5 Å². The highest BCUT2D eigenvalue weighted by atomic mass is 19.2. The summed E-state index contributed by atoms with van der Waals surface area (Å²) in [6.45, 7) is 4.23. The third kappa shape index (κ3) is 4.85. The van der Waals surface area contributed by atoms with Gasteiger partial charge in [-0.15, -0.1) is 6.58 Å². The average molecular weight is 483 g/mol. The highest BCUT2D eigenvalue weighted by molar-refractivity contribution is 5.65. The second-order valence-electron chi connectivity index (χ2n) is 9.27. The van der Waals surface area contributed by atoms with E-state index in [0.29, 0.717) is 29.2 Å². The van der Waals surface area contributed by atoms with Crippen molar-refractivity contribution in [3.8, 4) is 16.9 Å². The molecule has 1 aliphatic carbocycles. The third-order valence-electron chi connectivity index (χ3n) is 7.07. The molecule has 1 unspecified atom stereocenters. The van der Waals surface area contributed by atoms with E-state index in [1.807, 2.05) is 6.08 Å². The summed E-state index contributed by atoms with van der Waals surface area (Å²) in [6.07, 6.45) is 5.04. The molecule has 3 aromatic carbocycles. The summed E-state index contributed by atoms with van der Waals surface area (Å²) in [4.78, 5) is 0. The molecule has 2 nitrogen and oxygen atoms in total. The van der Waals surface area contributed by atoms with Crippen LogP contribution in [0.25, 0.3) is 11.1 Å². The van der Waals surface area contributed by atoms with Gasteiger partial charge in [-0.05, 0) is 60.3 Å². The molecule has 1 saturated carbocycles. The number of hydrogen-bond donors (Lipinski definition) is 0. The molecule has 0 bridgehead atoms. The Hall–Kier alpha value is -3.12. The van der Waals surface area contributed by atoms with Gasteiger partial charge in [-0.3, -0.25) is 0 Å². The lowest BCUT2D eigenvalue weighted by atomic mass is 9.78. The van der Waals surface area contributed by atoms with Crippen LogP contribution < -0.4 is 4.74 Å². The van der Waals surface area contributed by atoms with Crippen LogP contribution in [0.4, 0.5) is 17.6 Å². The molecule has 0 radical (unpaired) electrons. The van der Waals surface area contributed by atoms with Crippen LogP contribution in [0.1, 0.15) is 54.4 Å². The number of halogens is 4. The molecule has 0 N–H and O–H groups in total. The van der Waals surface area contributed by atoms with Gasteiger partial charge in [0.2, 0.25) is 5.82 Å². The molecular formula is C29H26F4O2. The van der Waals surface area contributed by atoms with Gasteiger partial charge in [-0.25, -0.2) is 13.2 Å². The van der Waals surface area contributed by atoms with Gasteiger partial charge >= 0.3 is 0 Å². The van der Waals surface area contributed by atoms with Crippen LogP contribution in [-0.2, 0) is 11.3 Å². The lowest BCUT2D eigenvalue weighted by molar-refractivity contribution is 0.282. The van der Waals surface area contributed by atoms with Gasteiger partial charge in [-0.2, -0.15) is 4.39 Å². The van der Waals surface area contributed by atoms with Gasteiger partial charge in [0.15, 0.2) is 23.2 Å². The average Bonchev–Trinajstić information content (AvgIpc) is 3.72. The van der Waals surface area contributed by atoms with Crippen LogP contribution in [0.15, 0.2) is 61.2 Å². The molecule has 1 heterocycles. The second-order valence-corrected chi connectivity index (χ2v) is 9.27. The van der Waals surface area contributed by atoms with Crippen molar-refractivity contribution in [1.82, 2.24) is 0 Å². The number of ether oxygens (including phenoxy) is 2. The second kappa shape index (κ2) is 9.86. The van der Waals surface area contributed by atoms with Crippen LogP contribution in [0, 0.1) is 29.2 Å². The summed E-state index contributed by atoms with van der Waals surface area (Å²) in [6, 6.07) is 12.8. The molecule has 1 saturated heterocycles. The highest BCUT2D eigenvalue weighted by Crippen LogP contribution is 2.39. The quantitative estimate of drug-likeness (QED) is 0.193. The van der Waals surface area contributed by atoms with E-state index in [2.05, 4.69) is 6.58 Å². The molecule has 0 amide bonds. The van der Waals surface area contributed by atoms with Crippen molar-refractivity contribution in [1.29, 1.82) is 0 Å². The first-order chi connectivity index (χ1) is 17.0. The smallest absolute Gasteiger partial charge is 0.200 e. The van der Waals surface area contributed by atoms with E-state index in [0.717, 1.165) is 25.7 Å². The first-order valence-corrected chi connectivity index (χ1v) is 11.9. The third-order valence-corrected chi connectivity index (χ3v) is 7.07. The van der Waals surface area contributed by atoms with Crippen molar-refractivity contribution in [2.45, 2.75) is 44.3 Å². The fourth-order valence-electron chi connectivity index (χ4n) is 4.84. The minimum atomic E-state index is -0.984. The molecule has 35 heavy (non-hydrogen) atoms. The maximum absolute atomic E-state index is 14.8.